The summed E-state index contributed by atoms with van der Waals surface area (Å²) in [4.78, 5) is 2.10. The van der Waals surface area contributed by atoms with E-state index in [1.54, 1.807) is 6.07 Å². The zero-order valence-electron chi connectivity index (χ0n) is 16.4. The highest BCUT2D eigenvalue weighted by Crippen LogP contribution is 2.32. The van der Waals surface area contributed by atoms with Crippen molar-refractivity contribution in [1.29, 1.82) is 0 Å². The number of phenols is 1. The second-order valence-corrected chi connectivity index (χ2v) is 8.30. The van der Waals surface area contributed by atoms with Crippen LogP contribution >= 0.6 is 0 Å². The Morgan fingerprint density at radius 2 is 1.67 bits per heavy atom. The lowest BCUT2D eigenvalue weighted by molar-refractivity contribution is 0.125. The first-order valence-electron chi connectivity index (χ1n) is 9.35. The van der Waals surface area contributed by atoms with Gasteiger partial charge in [-0.1, -0.05) is 6.07 Å². The molecule has 1 atom stereocenters. The lowest BCUT2D eigenvalue weighted by Gasteiger charge is -2.24. The van der Waals surface area contributed by atoms with Crippen LogP contribution in [0.4, 0.5) is 8.78 Å². The van der Waals surface area contributed by atoms with Gasteiger partial charge in [-0.25, -0.2) is 8.78 Å². The molecule has 2 aromatic carbocycles. The summed E-state index contributed by atoms with van der Waals surface area (Å²) in [5, 5.41) is 10.00. The minimum Gasteiger partial charge on any atom is -0.504 e. The Labute approximate surface area is 159 Å². The van der Waals surface area contributed by atoms with Crippen molar-refractivity contribution in [3.8, 4) is 11.5 Å². The third-order valence-corrected chi connectivity index (χ3v) is 4.95. The van der Waals surface area contributed by atoms with E-state index in [1.165, 1.54) is 12.1 Å². The monoisotopic (exact) mass is 375 g/mol. The molecule has 3 nitrogen and oxygen atoms in total. The predicted molar refractivity (Wildman–Crippen MR) is 102 cm³/mol. The van der Waals surface area contributed by atoms with Crippen molar-refractivity contribution in [2.75, 3.05) is 0 Å². The molecule has 0 radical (unpaired) electrons. The van der Waals surface area contributed by atoms with E-state index < -0.39 is 5.60 Å². The lowest BCUT2D eigenvalue weighted by Crippen LogP contribution is -2.28. The molecule has 27 heavy (non-hydrogen) atoms. The quantitative estimate of drug-likeness (QED) is 0.781. The number of nitrogens with zero attached hydrogens (tertiary/aromatic N) is 1. The third-order valence-electron chi connectivity index (χ3n) is 4.95. The van der Waals surface area contributed by atoms with Crippen LogP contribution in [0.5, 0.6) is 11.5 Å². The molecular formula is C22H27F2NO2. The van der Waals surface area contributed by atoms with Crippen LogP contribution in [-0.4, -0.2) is 21.6 Å². The Kier molecular flexibility index (Phi) is 5.43. The minimum absolute atomic E-state index is 0.127. The second kappa shape index (κ2) is 7.47. The van der Waals surface area contributed by atoms with Crippen molar-refractivity contribution in [2.45, 2.75) is 65.3 Å². The summed E-state index contributed by atoms with van der Waals surface area (Å²) < 4.78 is 33.7. The molecule has 0 spiro atoms. The van der Waals surface area contributed by atoms with Gasteiger partial charge < -0.3 is 9.84 Å². The number of hydrogen-bond donors (Lipinski definition) is 1. The molecule has 0 fully saturated rings. The van der Waals surface area contributed by atoms with Crippen LogP contribution in [0, 0.1) is 11.6 Å². The zero-order chi connectivity index (χ0) is 19.8. The largest absolute Gasteiger partial charge is 0.504 e. The standard InChI is InChI=1S/C22H27F2NO2/c1-14(25-12-16-17(13-25)19(24)9-8-18(16)23)5-6-15-7-10-20(26)21(11-15)27-22(2,3)4/h7-11,14,26H,5-6,12-13H2,1-4H3. The van der Waals surface area contributed by atoms with Gasteiger partial charge in [-0.05, 0) is 70.4 Å². The average molecular weight is 375 g/mol. The highest BCUT2D eigenvalue weighted by atomic mass is 19.1. The summed E-state index contributed by atoms with van der Waals surface area (Å²) in [6.07, 6.45) is 1.64. The molecule has 3 rings (SSSR count). The van der Waals surface area contributed by atoms with Crippen LogP contribution < -0.4 is 4.74 Å². The summed E-state index contributed by atoms with van der Waals surface area (Å²) in [6, 6.07) is 7.99. The lowest BCUT2D eigenvalue weighted by atomic mass is 10.0. The van der Waals surface area contributed by atoms with Crippen LogP contribution in [0.25, 0.3) is 0 Å². The van der Waals surface area contributed by atoms with Gasteiger partial charge in [-0.2, -0.15) is 0 Å². The maximum absolute atomic E-state index is 13.9. The molecule has 1 heterocycles. The fourth-order valence-corrected chi connectivity index (χ4v) is 3.44. The Bertz CT molecular complexity index is 799. The molecule has 0 amide bonds. The molecule has 1 N–H and O–H groups in total. The zero-order valence-corrected chi connectivity index (χ0v) is 16.4. The van der Waals surface area contributed by atoms with Crippen LogP contribution in [0.1, 0.15) is 50.8 Å². The first kappa shape index (κ1) is 19.6. The van der Waals surface area contributed by atoms with Gasteiger partial charge in [-0.15, -0.1) is 0 Å². The van der Waals surface area contributed by atoms with Gasteiger partial charge in [0.1, 0.15) is 17.2 Å². The van der Waals surface area contributed by atoms with Crippen molar-refractivity contribution < 1.29 is 18.6 Å². The average Bonchev–Trinajstić information content (AvgIpc) is 3.04. The number of ether oxygens (including phenoxy) is 1. The van der Waals surface area contributed by atoms with Crippen molar-refractivity contribution in [3.05, 3.63) is 58.7 Å². The van der Waals surface area contributed by atoms with E-state index in [9.17, 15) is 13.9 Å². The number of halogens is 2. The minimum atomic E-state index is -0.390. The topological polar surface area (TPSA) is 32.7 Å². The molecule has 0 bridgehead atoms. The predicted octanol–water partition coefficient (Wildman–Crippen LogP) is 5.18. The number of aryl methyl sites for hydroxylation is 1. The van der Waals surface area contributed by atoms with E-state index in [1.807, 2.05) is 32.9 Å². The van der Waals surface area contributed by atoms with Crippen molar-refractivity contribution >= 4 is 0 Å². The van der Waals surface area contributed by atoms with Crippen LogP contribution in [-0.2, 0) is 19.5 Å². The maximum atomic E-state index is 13.9. The number of hydrogen-bond acceptors (Lipinski definition) is 3. The maximum Gasteiger partial charge on any atom is 0.161 e. The highest BCUT2D eigenvalue weighted by Gasteiger charge is 2.28. The van der Waals surface area contributed by atoms with Crippen molar-refractivity contribution in [3.63, 3.8) is 0 Å². The van der Waals surface area contributed by atoms with Gasteiger partial charge in [0.15, 0.2) is 11.5 Å². The number of fused-ring (bicyclic) bond motifs is 1. The third kappa shape index (κ3) is 4.59. The Balaban J connectivity index is 1.63. The van der Waals surface area contributed by atoms with E-state index in [4.69, 9.17) is 4.74 Å². The number of benzene rings is 2. The van der Waals surface area contributed by atoms with Gasteiger partial charge in [0, 0.05) is 30.3 Å². The van der Waals surface area contributed by atoms with E-state index in [0.29, 0.717) is 30.0 Å². The second-order valence-electron chi connectivity index (χ2n) is 8.30. The smallest absolute Gasteiger partial charge is 0.161 e. The van der Waals surface area contributed by atoms with Crippen molar-refractivity contribution in [1.82, 2.24) is 4.90 Å². The summed E-state index contributed by atoms with van der Waals surface area (Å²) in [5.74, 6) is -0.0553. The van der Waals surface area contributed by atoms with Crippen LogP contribution in [0.3, 0.4) is 0 Å². The molecule has 146 valence electrons. The first-order chi connectivity index (χ1) is 12.6. The molecule has 2 aromatic rings. The SMILES string of the molecule is CC(CCc1ccc(O)c(OC(C)(C)C)c1)N1Cc2c(F)ccc(F)c2C1. The number of rotatable bonds is 5. The van der Waals surface area contributed by atoms with E-state index >= 15 is 0 Å². The summed E-state index contributed by atoms with van der Waals surface area (Å²) in [7, 11) is 0. The van der Waals surface area contributed by atoms with Gasteiger partial charge in [-0.3, -0.25) is 4.90 Å². The Hall–Kier alpha value is -2.14. The van der Waals surface area contributed by atoms with E-state index in [2.05, 4.69) is 11.8 Å². The molecule has 5 heteroatoms. The van der Waals surface area contributed by atoms with Gasteiger partial charge in [0.2, 0.25) is 0 Å². The van der Waals surface area contributed by atoms with Gasteiger partial charge in [0.25, 0.3) is 0 Å². The number of aromatic hydroxyl groups is 1. The fourth-order valence-electron chi connectivity index (χ4n) is 3.44. The first-order valence-corrected chi connectivity index (χ1v) is 9.35. The molecule has 0 aliphatic carbocycles. The highest BCUT2D eigenvalue weighted by molar-refractivity contribution is 5.42. The number of phenolic OH excluding ortho intramolecular Hbond substituents is 1. The van der Waals surface area contributed by atoms with Gasteiger partial charge >= 0.3 is 0 Å². The molecule has 0 saturated carbocycles. The summed E-state index contributed by atoms with van der Waals surface area (Å²) >= 11 is 0. The van der Waals surface area contributed by atoms with Crippen LogP contribution in [0.15, 0.2) is 30.3 Å². The van der Waals surface area contributed by atoms with E-state index in [0.717, 1.165) is 18.4 Å². The normalized spacial score (nSPS) is 15.6. The Morgan fingerprint density at radius 1 is 1.07 bits per heavy atom. The van der Waals surface area contributed by atoms with Crippen LogP contribution in [0.2, 0.25) is 0 Å². The van der Waals surface area contributed by atoms with Gasteiger partial charge in [0.05, 0.1) is 0 Å². The molecular weight excluding hydrogens is 348 g/mol. The fraction of sp³-hybridized carbons (Fsp3) is 0.455. The molecule has 1 unspecified atom stereocenters. The molecule has 0 saturated heterocycles. The molecule has 1 aliphatic heterocycles. The van der Waals surface area contributed by atoms with Crippen molar-refractivity contribution in [2.24, 2.45) is 0 Å². The van der Waals surface area contributed by atoms with E-state index in [-0.39, 0.29) is 23.4 Å². The molecule has 1 aliphatic rings. The molecule has 0 aromatic heterocycles. The summed E-state index contributed by atoms with van der Waals surface area (Å²) in [5.41, 5.74) is 1.63. The Morgan fingerprint density at radius 3 is 2.22 bits per heavy atom. The summed E-state index contributed by atoms with van der Waals surface area (Å²) in [6.45, 7) is 8.76.